The lowest BCUT2D eigenvalue weighted by molar-refractivity contribution is -0.116. The van der Waals surface area contributed by atoms with E-state index in [1.165, 1.54) is 19.1 Å². The molecular weight excluding hydrogens is 258 g/mol. The van der Waals surface area contributed by atoms with E-state index in [4.69, 9.17) is 11.6 Å². The molecule has 0 aromatic heterocycles. The Labute approximate surface area is 89.0 Å². The van der Waals surface area contributed by atoms with Crippen molar-refractivity contribution in [2.75, 3.05) is 0 Å². The van der Waals surface area contributed by atoms with Crippen LogP contribution in [0.3, 0.4) is 0 Å². The normalized spacial score (nSPS) is 12.6. The Kier molecular flexibility index (Phi) is 3.45. The molecule has 70 valence electrons. The first-order valence-electron chi connectivity index (χ1n) is 3.62. The molecule has 1 atom stereocenters. The molecule has 0 fully saturated rings. The monoisotopic (exact) mass is 264 g/mol. The summed E-state index contributed by atoms with van der Waals surface area (Å²) in [5.41, 5.74) is 0.205. The summed E-state index contributed by atoms with van der Waals surface area (Å²) < 4.78 is 13.2. The van der Waals surface area contributed by atoms with Crippen molar-refractivity contribution < 1.29 is 9.18 Å². The number of halogens is 3. The number of carbonyl (C=O) groups is 1. The predicted octanol–water partition coefficient (Wildman–Crippen LogP) is 3.50. The Morgan fingerprint density at radius 2 is 2.23 bits per heavy atom. The van der Waals surface area contributed by atoms with Crippen molar-refractivity contribution in [3.05, 3.63) is 34.6 Å². The minimum Gasteiger partial charge on any atom is -0.298 e. The molecule has 1 aromatic rings. The fourth-order valence-corrected chi connectivity index (χ4v) is 1.83. The van der Waals surface area contributed by atoms with E-state index in [1.54, 1.807) is 6.07 Å². The molecule has 0 saturated heterocycles. The van der Waals surface area contributed by atoms with E-state index in [2.05, 4.69) is 15.9 Å². The van der Waals surface area contributed by atoms with E-state index < -0.39 is 10.6 Å². The van der Waals surface area contributed by atoms with Crippen LogP contribution in [0.2, 0.25) is 5.02 Å². The van der Waals surface area contributed by atoms with Crippen molar-refractivity contribution in [3.8, 4) is 0 Å². The molecular formula is C9H7BrClFO. The number of ketones is 1. The molecule has 0 aliphatic rings. The summed E-state index contributed by atoms with van der Waals surface area (Å²) in [5, 5.41) is 0.261. The first-order valence-corrected chi connectivity index (χ1v) is 4.92. The van der Waals surface area contributed by atoms with Crippen LogP contribution >= 0.6 is 27.5 Å². The summed E-state index contributed by atoms with van der Waals surface area (Å²) in [6.45, 7) is 1.38. The number of alkyl halides is 1. The van der Waals surface area contributed by atoms with Crippen LogP contribution in [0.25, 0.3) is 0 Å². The van der Waals surface area contributed by atoms with Gasteiger partial charge in [0.25, 0.3) is 0 Å². The average molecular weight is 266 g/mol. The number of Topliss-reactive ketones (excluding diaryl/α,β-unsaturated/α-hetero) is 1. The van der Waals surface area contributed by atoms with E-state index in [0.29, 0.717) is 0 Å². The first kappa shape index (κ1) is 10.7. The topological polar surface area (TPSA) is 17.1 Å². The second-order valence-electron chi connectivity index (χ2n) is 2.61. The van der Waals surface area contributed by atoms with Crippen LogP contribution in [0.5, 0.6) is 0 Å². The second kappa shape index (κ2) is 4.20. The molecule has 0 aliphatic carbocycles. The number of carbonyl (C=O) groups excluding carboxylic acids is 1. The summed E-state index contributed by atoms with van der Waals surface area (Å²) in [6, 6.07) is 4.33. The van der Waals surface area contributed by atoms with E-state index in [1.807, 2.05) is 0 Å². The van der Waals surface area contributed by atoms with Crippen LogP contribution in [0.1, 0.15) is 17.3 Å². The highest BCUT2D eigenvalue weighted by molar-refractivity contribution is 9.09. The fraction of sp³-hybridized carbons (Fsp3) is 0.222. The smallest absolute Gasteiger partial charge is 0.148 e. The van der Waals surface area contributed by atoms with Crippen LogP contribution in [0.4, 0.5) is 4.39 Å². The lowest BCUT2D eigenvalue weighted by Gasteiger charge is -2.09. The van der Waals surface area contributed by atoms with Crippen LogP contribution in [-0.4, -0.2) is 5.78 Å². The van der Waals surface area contributed by atoms with Gasteiger partial charge in [-0.15, -0.1) is 0 Å². The number of hydrogen-bond donors (Lipinski definition) is 0. The molecule has 1 unspecified atom stereocenters. The van der Waals surface area contributed by atoms with Crippen molar-refractivity contribution in [1.29, 1.82) is 0 Å². The van der Waals surface area contributed by atoms with Gasteiger partial charge in [-0.2, -0.15) is 0 Å². The van der Waals surface area contributed by atoms with Crippen LogP contribution < -0.4 is 0 Å². The second-order valence-corrected chi connectivity index (χ2v) is 3.93. The number of rotatable bonds is 2. The summed E-state index contributed by atoms with van der Waals surface area (Å²) in [5.74, 6) is -0.642. The van der Waals surface area contributed by atoms with Crippen molar-refractivity contribution in [3.63, 3.8) is 0 Å². The molecule has 0 radical (unpaired) electrons. The van der Waals surface area contributed by atoms with E-state index in [9.17, 15) is 9.18 Å². The van der Waals surface area contributed by atoms with Crippen molar-refractivity contribution >= 4 is 33.3 Å². The summed E-state index contributed by atoms with van der Waals surface area (Å²) in [7, 11) is 0. The molecule has 0 heterocycles. The van der Waals surface area contributed by atoms with Crippen LogP contribution in [0, 0.1) is 5.82 Å². The Bertz CT molecular complexity index is 320. The molecule has 0 bridgehead atoms. The maximum Gasteiger partial charge on any atom is 0.148 e. The van der Waals surface area contributed by atoms with Gasteiger partial charge in [0, 0.05) is 10.6 Å². The van der Waals surface area contributed by atoms with Gasteiger partial charge < -0.3 is 0 Å². The lowest BCUT2D eigenvalue weighted by Crippen LogP contribution is -2.04. The van der Waals surface area contributed by atoms with E-state index >= 15 is 0 Å². The van der Waals surface area contributed by atoms with Gasteiger partial charge in [-0.25, -0.2) is 4.39 Å². The van der Waals surface area contributed by atoms with Gasteiger partial charge in [-0.3, -0.25) is 4.79 Å². The Morgan fingerprint density at radius 3 is 2.69 bits per heavy atom. The van der Waals surface area contributed by atoms with Gasteiger partial charge in [-0.05, 0) is 19.1 Å². The Morgan fingerprint density at radius 1 is 1.62 bits per heavy atom. The molecule has 0 aliphatic heterocycles. The molecule has 4 heteroatoms. The highest BCUT2D eigenvalue weighted by Crippen LogP contribution is 2.31. The number of hydrogen-bond acceptors (Lipinski definition) is 1. The maximum absolute atomic E-state index is 13.2. The highest BCUT2D eigenvalue weighted by Gasteiger charge is 2.19. The zero-order chi connectivity index (χ0) is 10.0. The molecule has 1 rings (SSSR count). The van der Waals surface area contributed by atoms with Gasteiger partial charge in [0.05, 0.1) is 0 Å². The molecule has 1 nitrogen and oxygen atoms in total. The molecule has 0 amide bonds. The van der Waals surface area contributed by atoms with E-state index in [-0.39, 0.29) is 16.4 Å². The minimum absolute atomic E-state index is 0.174. The molecule has 0 spiro atoms. The third-order valence-corrected chi connectivity index (χ3v) is 3.04. The average Bonchev–Trinajstić information content (AvgIpc) is 2.03. The van der Waals surface area contributed by atoms with E-state index in [0.717, 1.165) is 0 Å². The third kappa shape index (κ3) is 2.29. The maximum atomic E-state index is 13.2. The molecule has 1 aromatic carbocycles. The summed E-state index contributed by atoms with van der Waals surface area (Å²) in [6.07, 6.45) is 0. The van der Waals surface area contributed by atoms with Crippen molar-refractivity contribution in [2.24, 2.45) is 0 Å². The van der Waals surface area contributed by atoms with Crippen LogP contribution in [-0.2, 0) is 4.79 Å². The van der Waals surface area contributed by atoms with Gasteiger partial charge >= 0.3 is 0 Å². The predicted molar refractivity (Wildman–Crippen MR) is 53.8 cm³/mol. The molecule has 13 heavy (non-hydrogen) atoms. The first-order chi connectivity index (χ1) is 6.04. The fourth-order valence-electron chi connectivity index (χ4n) is 0.956. The highest BCUT2D eigenvalue weighted by atomic mass is 79.9. The Hall–Kier alpha value is -0.410. The standard InChI is InChI=1S/C9H7BrClFO/c1-5(13)9(10)8-6(11)3-2-4-7(8)12/h2-4,9H,1H3. The van der Waals surface area contributed by atoms with Gasteiger partial charge in [0.1, 0.15) is 16.4 Å². The van der Waals surface area contributed by atoms with Crippen molar-refractivity contribution in [2.45, 2.75) is 11.8 Å². The molecule has 0 N–H and O–H groups in total. The summed E-state index contributed by atoms with van der Waals surface area (Å²) in [4.78, 5) is 10.3. The SMILES string of the molecule is CC(=O)C(Br)c1c(F)cccc1Cl. The zero-order valence-electron chi connectivity index (χ0n) is 6.85. The van der Waals surface area contributed by atoms with Crippen molar-refractivity contribution in [1.82, 2.24) is 0 Å². The summed E-state index contributed by atoms with van der Waals surface area (Å²) >= 11 is 8.82. The van der Waals surface area contributed by atoms with Gasteiger partial charge in [0.2, 0.25) is 0 Å². The molecule has 0 saturated carbocycles. The van der Waals surface area contributed by atoms with Crippen LogP contribution in [0.15, 0.2) is 18.2 Å². The Balaban J connectivity index is 3.20. The third-order valence-electron chi connectivity index (χ3n) is 1.61. The van der Waals surface area contributed by atoms with Gasteiger partial charge in [-0.1, -0.05) is 33.6 Å². The zero-order valence-corrected chi connectivity index (χ0v) is 9.19. The lowest BCUT2D eigenvalue weighted by atomic mass is 10.1. The minimum atomic E-state index is -0.666. The quantitative estimate of drug-likeness (QED) is 0.748. The van der Waals surface area contributed by atoms with Gasteiger partial charge in [0.15, 0.2) is 0 Å². The largest absolute Gasteiger partial charge is 0.298 e. The number of benzene rings is 1.